The lowest BCUT2D eigenvalue weighted by atomic mass is 10.2. The van der Waals surface area contributed by atoms with Crippen LogP contribution in [-0.2, 0) is 0 Å². The van der Waals surface area contributed by atoms with Gasteiger partial charge in [-0.25, -0.2) is 19.3 Å². The number of hydrogen-bond acceptors (Lipinski definition) is 7. The van der Waals surface area contributed by atoms with Crippen molar-refractivity contribution in [1.82, 2.24) is 34.7 Å². The summed E-state index contributed by atoms with van der Waals surface area (Å²) in [6.45, 7) is 0. The van der Waals surface area contributed by atoms with Crippen molar-refractivity contribution in [1.29, 1.82) is 0 Å². The van der Waals surface area contributed by atoms with Crippen LogP contribution in [0.2, 0.25) is 0 Å². The first kappa shape index (κ1) is 12.2. The molecular formula is C12H7N7O3. The van der Waals surface area contributed by atoms with Crippen LogP contribution in [0.25, 0.3) is 28.5 Å². The van der Waals surface area contributed by atoms with E-state index in [1.165, 1.54) is 16.9 Å². The minimum Gasteiger partial charge on any atom is -0.333 e. The van der Waals surface area contributed by atoms with E-state index in [0.717, 1.165) is 0 Å². The second-order valence-corrected chi connectivity index (χ2v) is 4.36. The molecule has 0 amide bonds. The zero-order valence-corrected chi connectivity index (χ0v) is 10.8. The van der Waals surface area contributed by atoms with Crippen molar-refractivity contribution in [2.45, 2.75) is 0 Å². The van der Waals surface area contributed by atoms with Gasteiger partial charge in [-0.1, -0.05) is 5.16 Å². The number of nitrogens with zero attached hydrogens (tertiary/aromatic N) is 5. The molecule has 0 aliphatic carbocycles. The standard InChI is InChI=1S/C12H7N7O3/c20-10-7(4-13-5-14-10)8-15-11(22-18-8)6-2-1-3-19-9(6)16-17-12(19)21/h1-5H,(H,17,21)(H,13,14,20). The van der Waals surface area contributed by atoms with E-state index in [1.807, 2.05) is 0 Å². The van der Waals surface area contributed by atoms with Gasteiger partial charge < -0.3 is 9.51 Å². The van der Waals surface area contributed by atoms with Gasteiger partial charge in [0.25, 0.3) is 11.4 Å². The lowest BCUT2D eigenvalue weighted by Crippen LogP contribution is -2.09. The van der Waals surface area contributed by atoms with Crippen molar-refractivity contribution in [3.8, 4) is 22.8 Å². The van der Waals surface area contributed by atoms with E-state index < -0.39 is 0 Å². The molecule has 4 aromatic heterocycles. The van der Waals surface area contributed by atoms with Gasteiger partial charge in [-0.15, -0.1) is 0 Å². The molecule has 4 heterocycles. The highest BCUT2D eigenvalue weighted by Crippen LogP contribution is 2.22. The van der Waals surface area contributed by atoms with Gasteiger partial charge in [-0.05, 0) is 12.1 Å². The molecular weight excluding hydrogens is 290 g/mol. The minimum atomic E-state index is -0.378. The maximum Gasteiger partial charge on any atom is 0.347 e. The zero-order chi connectivity index (χ0) is 15.1. The fourth-order valence-corrected chi connectivity index (χ4v) is 2.05. The first-order valence-electron chi connectivity index (χ1n) is 6.17. The molecule has 108 valence electrons. The van der Waals surface area contributed by atoms with E-state index in [0.29, 0.717) is 11.2 Å². The first-order valence-corrected chi connectivity index (χ1v) is 6.17. The summed E-state index contributed by atoms with van der Waals surface area (Å²) in [6.07, 6.45) is 4.17. The number of fused-ring (bicyclic) bond motifs is 1. The Morgan fingerprint density at radius 1 is 1.23 bits per heavy atom. The summed E-state index contributed by atoms with van der Waals surface area (Å²) in [7, 11) is 0. The molecule has 10 nitrogen and oxygen atoms in total. The zero-order valence-electron chi connectivity index (χ0n) is 10.8. The molecule has 0 spiro atoms. The number of rotatable bonds is 2. The lowest BCUT2D eigenvalue weighted by molar-refractivity contribution is 0.432. The second-order valence-electron chi connectivity index (χ2n) is 4.36. The summed E-state index contributed by atoms with van der Waals surface area (Å²) in [5.41, 5.74) is 0.253. The van der Waals surface area contributed by atoms with Crippen LogP contribution in [0.15, 0.2) is 45.0 Å². The normalized spacial score (nSPS) is 11.1. The summed E-state index contributed by atoms with van der Waals surface area (Å²) in [5, 5.41) is 10.0. The molecule has 0 atom stereocenters. The van der Waals surface area contributed by atoms with Crippen molar-refractivity contribution in [3.63, 3.8) is 0 Å². The predicted octanol–water partition coefficient (Wildman–Crippen LogP) is -0.177. The molecule has 4 rings (SSSR count). The largest absolute Gasteiger partial charge is 0.347 e. The van der Waals surface area contributed by atoms with E-state index in [1.54, 1.807) is 18.3 Å². The molecule has 0 unspecified atom stereocenters. The number of nitrogens with one attached hydrogen (secondary N) is 2. The highest BCUT2D eigenvalue weighted by molar-refractivity contribution is 5.72. The lowest BCUT2D eigenvalue weighted by Gasteiger charge is -1.95. The molecule has 0 aliphatic rings. The van der Waals surface area contributed by atoms with Crippen molar-refractivity contribution >= 4 is 5.65 Å². The van der Waals surface area contributed by atoms with Crippen molar-refractivity contribution < 1.29 is 4.52 Å². The van der Waals surface area contributed by atoms with Crippen LogP contribution in [0.4, 0.5) is 0 Å². The van der Waals surface area contributed by atoms with E-state index in [9.17, 15) is 9.59 Å². The Kier molecular flexibility index (Phi) is 2.48. The van der Waals surface area contributed by atoms with E-state index in [-0.39, 0.29) is 28.5 Å². The number of hydrogen-bond donors (Lipinski definition) is 2. The summed E-state index contributed by atoms with van der Waals surface area (Å²) in [4.78, 5) is 33.7. The molecule has 0 radical (unpaired) electrons. The van der Waals surface area contributed by atoms with Gasteiger partial charge in [0.05, 0.1) is 11.9 Å². The Balaban J connectivity index is 1.89. The Morgan fingerprint density at radius 3 is 3.00 bits per heavy atom. The van der Waals surface area contributed by atoms with Gasteiger partial charge in [-0.3, -0.25) is 4.79 Å². The van der Waals surface area contributed by atoms with Gasteiger partial charge in [0.2, 0.25) is 5.82 Å². The Bertz CT molecular complexity index is 1090. The molecule has 2 N–H and O–H groups in total. The minimum absolute atomic E-state index is 0.101. The molecule has 0 aliphatic heterocycles. The molecule has 0 saturated carbocycles. The van der Waals surface area contributed by atoms with E-state index >= 15 is 0 Å². The number of aromatic amines is 2. The summed E-state index contributed by atoms with van der Waals surface area (Å²) < 4.78 is 6.48. The maximum atomic E-state index is 11.7. The molecule has 0 aromatic carbocycles. The van der Waals surface area contributed by atoms with Gasteiger partial charge in [0, 0.05) is 12.4 Å². The number of aromatic nitrogens is 7. The maximum absolute atomic E-state index is 11.7. The SMILES string of the molecule is O=c1[nH]cncc1-c1noc(-c2cccn3c(=O)[nH]nc23)n1. The van der Waals surface area contributed by atoms with Gasteiger partial charge in [-0.2, -0.15) is 10.1 Å². The van der Waals surface area contributed by atoms with Gasteiger partial charge in [0.1, 0.15) is 5.56 Å². The van der Waals surface area contributed by atoms with Crippen molar-refractivity contribution in [3.05, 3.63) is 51.7 Å². The van der Waals surface area contributed by atoms with Crippen LogP contribution < -0.4 is 11.2 Å². The molecule has 22 heavy (non-hydrogen) atoms. The fourth-order valence-electron chi connectivity index (χ4n) is 2.05. The predicted molar refractivity (Wildman–Crippen MR) is 73.0 cm³/mol. The molecule has 10 heteroatoms. The summed E-state index contributed by atoms with van der Waals surface area (Å²) in [6, 6.07) is 3.33. The smallest absolute Gasteiger partial charge is 0.333 e. The molecule has 0 saturated heterocycles. The van der Waals surface area contributed by atoms with Crippen LogP contribution >= 0.6 is 0 Å². The number of pyridine rings is 1. The highest BCUT2D eigenvalue weighted by atomic mass is 16.5. The van der Waals surface area contributed by atoms with Crippen LogP contribution in [0.1, 0.15) is 0 Å². The van der Waals surface area contributed by atoms with E-state index in [4.69, 9.17) is 4.52 Å². The third kappa shape index (κ3) is 1.74. The highest BCUT2D eigenvalue weighted by Gasteiger charge is 2.17. The third-order valence-electron chi connectivity index (χ3n) is 3.06. The van der Waals surface area contributed by atoms with Crippen molar-refractivity contribution in [2.24, 2.45) is 0 Å². The molecule has 0 fully saturated rings. The van der Waals surface area contributed by atoms with Gasteiger partial charge in [0.15, 0.2) is 5.65 Å². The average Bonchev–Trinajstić information content (AvgIpc) is 3.15. The summed E-state index contributed by atoms with van der Waals surface area (Å²) in [5.74, 6) is 0.243. The third-order valence-corrected chi connectivity index (χ3v) is 3.06. The topological polar surface area (TPSA) is 135 Å². The fraction of sp³-hybridized carbons (Fsp3) is 0. The average molecular weight is 297 g/mol. The van der Waals surface area contributed by atoms with Gasteiger partial charge >= 0.3 is 5.69 Å². The van der Waals surface area contributed by atoms with Crippen molar-refractivity contribution in [2.75, 3.05) is 0 Å². The number of H-pyrrole nitrogens is 2. The van der Waals surface area contributed by atoms with Crippen LogP contribution in [0.5, 0.6) is 0 Å². The Labute approximate surface area is 120 Å². The molecule has 0 bridgehead atoms. The molecule has 4 aromatic rings. The first-order chi connectivity index (χ1) is 10.7. The Morgan fingerprint density at radius 2 is 2.14 bits per heavy atom. The quantitative estimate of drug-likeness (QED) is 0.524. The van der Waals surface area contributed by atoms with Crippen LogP contribution in [0.3, 0.4) is 0 Å². The van der Waals surface area contributed by atoms with Crippen LogP contribution in [-0.4, -0.2) is 34.7 Å². The van der Waals surface area contributed by atoms with Crippen LogP contribution in [0, 0.1) is 0 Å². The second kappa shape index (κ2) is 4.48. The van der Waals surface area contributed by atoms with E-state index in [2.05, 4.69) is 30.3 Å². The monoisotopic (exact) mass is 297 g/mol. The Hall–Kier alpha value is -3.56. The summed E-state index contributed by atoms with van der Waals surface area (Å²) >= 11 is 0.